The van der Waals surface area contributed by atoms with Crippen LogP contribution in [0.25, 0.3) is 6.08 Å². The first-order valence-corrected chi connectivity index (χ1v) is 11.0. The summed E-state index contributed by atoms with van der Waals surface area (Å²) in [5.41, 5.74) is 0.716. The molecule has 0 unspecified atom stereocenters. The van der Waals surface area contributed by atoms with E-state index in [1.54, 1.807) is 53.4 Å². The number of imide groups is 2. The lowest BCUT2D eigenvalue weighted by Crippen LogP contribution is -2.54. The maximum absolute atomic E-state index is 12.9. The van der Waals surface area contributed by atoms with E-state index in [1.165, 1.54) is 6.08 Å². The molecule has 5 amide bonds. The van der Waals surface area contributed by atoms with E-state index in [0.29, 0.717) is 47.8 Å². The van der Waals surface area contributed by atoms with Crippen LogP contribution in [0.1, 0.15) is 5.56 Å². The van der Waals surface area contributed by atoms with E-state index in [1.807, 2.05) is 0 Å². The van der Waals surface area contributed by atoms with Crippen LogP contribution in [-0.2, 0) is 19.1 Å². The molecular formula is C23H20BrN3O6. The Labute approximate surface area is 198 Å². The van der Waals surface area contributed by atoms with Gasteiger partial charge in [-0.05, 0) is 42.0 Å². The number of halogens is 1. The number of morpholine rings is 1. The summed E-state index contributed by atoms with van der Waals surface area (Å²) in [5.74, 6) is -1.14. The highest BCUT2D eigenvalue weighted by Gasteiger charge is 2.36. The third-order valence-electron chi connectivity index (χ3n) is 5.09. The summed E-state index contributed by atoms with van der Waals surface area (Å²) in [6.07, 6.45) is 1.40. The predicted octanol–water partition coefficient (Wildman–Crippen LogP) is 2.35. The summed E-state index contributed by atoms with van der Waals surface area (Å²) in [7, 11) is 0. The lowest BCUT2D eigenvalue weighted by Gasteiger charge is -2.26. The second-order valence-electron chi connectivity index (χ2n) is 7.29. The Morgan fingerprint density at radius 2 is 1.82 bits per heavy atom. The number of urea groups is 1. The fourth-order valence-electron chi connectivity index (χ4n) is 3.38. The Morgan fingerprint density at radius 3 is 2.52 bits per heavy atom. The van der Waals surface area contributed by atoms with Crippen LogP contribution in [0, 0.1) is 0 Å². The van der Waals surface area contributed by atoms with Gasteiger partial charge in [-0.25, -0.2) is 9.69 Å². The fourth-order valence-corrected chi connectivity index (χ4v) is 3.77. The maximum atomic E-state index is 12.9. The van der Waals surface area contributed by atoms with Gasteiger partial charge in [0.25, 0.3) is 17.7 Å². The molecule has 33 heavy (non-hydrogen) atoms. The number of carbonyl (C=O) groups excluding carboxylic acids is 4. The van der Waals surface area contributed by atoms with Crippen LogP contribution in [0.5, 0.6) is 5.75 Å². The van der Waals surface area contributed by atoms with E-state index in [2.05, 4.69) is 21.2 Å². The molecule has 10 heteroatoms. The molecular weight excluding hydrogens is 494 g/mol. The van der Waals surface area contributed by atoms with E-state index in [9.17, 15) is 19.2 Å². The molecule has 2 aliphatic rings. The van der Waals surface area contributed by atoms with Crippen molar-refractivity contribution in [2.24, 2.45) is 0 Å². The van der Waals surface area contributed by atoms with Gasteiger partial charge < -0.3 is 14.4 Å². The van der Waals surface area contributed by atoms with Crippen molar-refractivity contribution in [2.75, 3.05) is 37.8 Å². The average Bonchev–Trinajstić information content (AvgIpc) is 2.81. The van der Waals surface area contributed by atoms with Gasteiger partial charge in [-0.15, -0.1) is 0 Å². The van der Waals surface area contributed by atoms with E-state index in [0.717, 1.165) is 4.90 Å². The third-order valence-corrected chi connectivity index (χ3v) is 5.58. The number of benzene rings is 2. The second-order valence-corrected chi connectivity index (χ2v) is 8.20. The smallest absolute Gasteiger partial charge is 0.335 e. The van der Waals surface area contributed by atoms with Gasteiger partial charge in [0, 0.05) is 17.6 Å². The molecule has 0 aromatic heterocycles. The van der Waals surface area contributed by atoms with Gasteiger partial charge in [0.1, 0.15) is 11.3 Å². The monoisotopic (exact) mass is 513 g/mol. The van der Waals surface area contributed by atoms with Gasteiger partial charge in [-0.3, -0.25) is 19.7 Å². The number of ether oxygens (including phenoxy) is 2. The topological polar surface area (TPSA) is 105 Å². The zero-order valence-electron chi connectivity index (χ0n) is 17.5. The highest BCUT2D eigenvalue weighted by Crippen LogP contribution is 2.25. The highest BCUT2D eigenvalue weighted by atomic mass is 79.9. The van der Waals surface area contributed by atoms with Crippen LogP contribution < -0.4 is 15.0 Å². The van der Waals surface area contributed by atoms with Gasteiger partial charge in [-0.1, -0.05) is 34.1 Å². The Bertz CT molecular complexity index is 1130. The molecule has 2 fully saturated rings. The van der Waals surface area contributed by atoms with Crippen molar-refractivity contribution in [3.05, 3.63) is 64.1 Å². The Hall–Kier alpha value is -3.50. The average molecular weight is 514 g/mol. The predicted molar refractivity (Wildman–Crippen MR) is 122 cm³/mol. The van der Waals surface area contributed by atoms with Crippen LogP contribution in [0.4, 0.5) is 10.5 Å². The van der Waals surface area contributed by atoms with Gasteiger partial charge in [0.15, 0.2) is 6.61 Å². The summed E-state index contributed by atoms with van der Waals surface area (Å²) >= 11 is 3.31. The van der Waals surface area contributed by atoms with Crippen LogP contribution >= 0.6 is 15.9 Å². The van der Waals surface area contributed by atoms with Crippen molar-refractivity contribution in [1.82, 2.24) is 10.2 Å². The number of rotatable bonds is 5. The van der Waals surface area contributed by atoms with Crippen molar-refractivity contribution in [1.29, 1.82) is 0 Å². The summed E-state index contributed by atoms with van der Waals surface area (Å²) in [5, 5.41) is 2.19. The number of carbonyl (C=O) groups is 4. The molecule has 1 N–H and O–H groups in total. The number of amides is 5. The van der Waals surface area contributed by atoms with Crippen molar-refractivity contribution in [2.45, 2.75) is 0 Å². The van der Waals surface area contributed by atoms with Gasteiger partial charge >= 0.3 is 6.03 Å². The van der Waals surface area contributed by atoms with Crippen molar-refractivity contribution in [3.8, 4) is 5.75 Å². The van der Waals surface area contributed by atoms with E-state index in [-0.39, 0.29) is 18.1 Å². The molecule has 2 aromatic rings. The molecule has 2 aromatic carbocycles. The minimum atomic E-state index is -0.811. The zero-order chi connectivity index (χ0) is 23.4. The first kappa shape index (κ1) is 22.7. The molecule has 2 aliphatic heterocycles. The van der Waals surface area contributed by atoms with Gasteiger partial charge in [0.05, 0.1) is 18.9 Å². The molecule has 0 atom stereocenters. The number of nitrogens with zero attached hydrogens (tertiary/aromatic N) is 2. The largest absolute Gasteiger partial charge is 0.484 e. The highest BCUT2D eigenvalue weighted by molar-refractivity contribution is 9.10. The van der Waals surface area contributed by atoms with Gasteiger partial charge in [0.2, 0.25) is 0 Å². The molecule has 2 heterocycles. The second kappa shape index (κ2) is 9.97. The number of barbiturate groups is 1. The van der Waals surface area contributed by atoms with Crippen LogP contribution in [-0.4, -0.2) is 61.6 Å². The van der Waals surface area contributed by atoms with Crippen molar-refractivity contribution >= 4 is 51.4 Å². The summed E-state index contributed by atoms with van der Waals surface area (Å²) in [4.78, 5) is 52.3. The summed E-state index contributed by atoms with van der Waals surface area (Å²) in [6, 6.07) is 12.4. The van der Waals surface area contributed by atoms with E-state index < -0.39 is 17.8 Å². The van der Waals surface area contributed by atoms with E-state index >= 15 is 0 Å². The molecule has 0 spiro atoms. The molecule has 2 saturated heterocycles. The quantitative estimate of drug-likeness (QED) is 0.486. The Morgan fingerprint density at radius 1 is 1.09 bits per heavy atom. The van der Waals surface area contributed by atoms with Crippen molar-refractivity contribution < 1.29 is 28.7 Å². The van der Waals surface area contributed by atoms with Crippen LogP contribution in [0.3, 0.4) is 0 Å². The molecule has 0 bridgehead atoms. The lowest BCUT2D eigenvalue weighted by atomic mass is 10.1. The molecule has 0 aliphatic carbocycles. The molecule has 9 nitrogen and oxygen atoms in total. The SMILES string of the molecule is O=C1NC(=O)N(c2cccc(Br)c2)C(=O)/C1=C/c1ccc(OCC(=O)N2CCOCC2)cc1. The number of anilines is 1. The van der Waals surface area contributed by atoms with Crippen LogP contribution in [0.15, 0.2) is 58.6 Å². The molecule has 4 rings (SSSR count). The molecule has 170 valence electrons. The minimum absolute atomic E-state index is 0.0922. The third kappa shape index (κ3) is 5.29. The van der Waals surface area contributed by atoms with Gasteiger partial charge in [-0.2, -0.15) is 0 Å². The van der Waals surface area contributed by atoms with Crippen molar-refractivity contribution in [3.63, 3.8) is 0 Å². The zero-order valence-corrected chi connectivity index (χ0v) is 19.0. The summed E-state index contributed by atoms with van der Waals surface area (Å²) in [6.45, 7) is 2.04. The first-order chi connectivity index (χ1) is 15.9. The fraction of sp³-hybridized carbons (Fsp3) is 0.217. The number of nitrogens with one attached hydrogen (secondary N) is 1. The Balaban J connectivity index is 1.46. The Kier molecular flexibility index (Phi) is 6.85. The molecule has 0 radical (unpaired) electrons. The lowest BCUT2D eigenvalue weighted by molar-refractivity contribution is -0.137. The van der Waals surface area contributed by atoms with E-state index in [4.69, 9.17) is 9.47 Å². The number of hydrogen-bond acceptors (Lipinski definition) is 6. The standard InChI is InChI=1S/C23H20BrN3O6/c24-16-2-1-3-17(13-16)27-22(30)19(21(29)25-23(27)31)12-15-4-6-18(7-5-15)33-14-20(28)26-8-10-32-11-9-26/h1-7,12-13H,8-11,14H2,(H,25,29,31)/b19-12+. The summed E-state index contributed by atoms with van der Waals surface area (Å²) < 4.78 is 11.5. The molecule has 0 saturated carbocycles. The van der Waals surface area contributed by atoms with Crippen LogP contribution in [0.2, 0.25) is 0 Å². The number of hydrogen-bond donors (Lipinski definition) is 1. The normalized spacial score (nSPS) is 17.8. The first-order valence-electron chi connectivity index (χ1n) is 10.2. The maximum Gasteiger partial charge on any atom is 0.335 e. The minimum Gasteiger partial charge on any atom is -0.484 e.